The third-order valence-corrected chi connectivity index (χ3v) is 10.3. The maximum Gasteiger partial charge on any atom is 0.166 e. The van der Waals surface area contributed by atoms with Gasteiger partial charge in [-0.25, -0.2) is 0 Å². The second-order valence-electron chi connectivity index (χ2n) is 12.0. The highest BCUT2D eigenvalue weighted by Gasteiger charge is 2.72. The van der Waals surface area contributed by atoms with Crippen molar-refractivity contribution in [3.05, 3.63) is 83.0 Å². The van der Waals surface area contributed by atoms with Crippen molar-refractivity contribution >= 4 is 10.9 Å². The highest BCUT2D eigenvalue weighted by Crippen LogP contribution is 2.69. The average Bonchev–Trinajstić information content (AvgIpc) is 3.55. The van der Waals surface area contributed by atoms with Gasteiger partial charge in [-0.15, -0.1) is 0 Å². The van der Waals surface area contributed by atoms with Crippen LogP contribution >= 0.6 is 0 Å². The predicted molar refractivity (Wildman–Crippen MR) is 142 cm³/mol. The standard InChI is InChI=1S/C32H30N2O3/c35-24-12-11-20-15-25-32(36)16-22-26-21(19-5-2-1-3-6-19)7-4-8-23(26)33-28(22)30-31(32,27(20)29(24)37-30)13-14-34(25)17-18-9-10-18/h1-8,11-12,18,25,30,33,35-36H,9-10,13-17H2/t25-,30?,31+,32-/m1/s1. The van der Waals surface area contributed by atoms with E-state index in [4.69, 9.17) is 4.74 Å². The van der Waals surface area contributed by atoms with Crippen LogP contribution in [-0.4, -0.2) is 44.8 Å². The number of nitrogens with zero attached hydrogens (tertiary/aromatic N) is 1. The second kappa shape index (κ2) is 6.77. The topological polar surface area (TPSA) is 68.7 Å². The van der Waals surface area contributed by atoms with Crippen molar-refractivity contribution in [3.8, 4) is 22.6 Å². The van der Waals surface area contributed by atoms with Gasteiger partial charge in [0.15, 0.2) is 17.6 Å². The van der Waals surface area contributed by atoms with Crippen LogP contribution in [0.5, 0.6) is 11.5 Å². The number of nitrogens with one attached hydrogen (secondary N) is 1. The van der Waals surface area contributed by atoms with Gasteiger partial charge in [-0.3, -0.25) is 4.90 Å². The third-order valence-electron chi connectivity index (χ3n) is 10.3. The average molecular weight is 491 g/mol. The number of aromatic hydroxyl groups is 1. The molecule has 2 fully saturated rings. The molecule has 5 aliphatic rings. The molecule has 2 aliphatic heterocycles. The minimum absolute atomic E-state index is 0.0398. The molecule has 5 heteroatoms. The van der Waals surface area contributed by atoms with E-state index in [1.54, 1.807) is 6.07 Å². The number of rotatable bonds is 3. The van der Waals surface area contributed by atoms with Crippen LogP contribution in [0.2, 0.25) is 0 Å². The van der Waals surface area contributed by atoms with E-state index in [1.807, 2.05) is 6.07 Å². The van der Waals surface area contributed by atoms with Gasteiger partial charge in [-0.05, 0) is 72.5 Å². The zero-order chi connectivity index (χ0) is 24.5. The molecular formula is C32H30N2O3. The Morgan fingerprint density at radius 3 is 2.73 bits per heavy atom. The summed E-state index contributed by atoms with van der Waals surface area (Å²) in [6, 6.07) is 20.9. The molecule has 1 unspecified atom stereocenters. The maximum absolute atomic E-state index is 13.1. The molecule has 186 valence electrons. The molecule has 3 heterocycles. The van der Waals surface area contributed by atoms with Gasteiger partial charge in [0.05, 0.1) is 16.7 Å². The molecule has 3 N–H and O–H groups in total. The Hall–Kier alpha value is -3.28. The van der Waals surface area contributed by atoms with Crippen LogP contribution in [0.3, 0.4) is 0 Å². The minimum Gasteiger partial charge on any atom is -0.504 e. The molecule has 1 spiro atoms. The van der Waals surface area contributed by atoms with Gasteiger partial charge in [0, 0.05) is 35.5 Å². The summed E-state index contributed by atoms with van der Waals surface area (Å²) in [5.74, 6) is 1.54. The van der Waals surface area contributed by atoms with E-state index in [0.717, 1.165) is 48.6 Å². The molecule has 37 heavy (non-hydrogen) atoms. The van der Waals surface area contributed by atoms with Gasteiger partial charge in [0.25, 0.3) is 0 Å². The van der Waals surface area contributed by atoms with Crippen LogP contribution in [0, 0.1) is 5.92 Å². The molecule has 4 atom stereocenters. The summed E-state index contributed by atoms with van der Waals surface area (Å²) < 4.78 is 6.75. The summed E-state index contributed by atoms with van der Waals surface area (Å²) in [5.41, 5.74) is 6.46. The largest absolute Gasteiger partial charge is 0.504 e. The molecule has 1 saturated carbocycles. The summed E-state index contributed by atoms with van der Waals surface area (Å²) in [6.45, 7) is 2.04. The van der Waals surface area contributed by atoms with Crippen LogP contribution in [0.1, 0.15) is 47.8 Å². The first kappa shape index (κ1) is 20.7. The minimum atomic E-state index is -0.969. The maximum atomic E-state index is 13.1. The van der Waals surface area contributed by atoms with E-state index in [0.29, 0.717) is 12.2 Å². The van der Waals surface area contributed by atoms with Crippen LogP contribution in [-0.2, 0) is 18.3 Å². The number of fused-ring (bicyclic) bond motifs is 4. The van der Waals surface area contributed by atoms with Crippen molar-refractivity contribution in [2.75, 3.05) is 13.1 Å². The molecule has 3 aromatic carbocycles. The number of piperidine rings is 1. The number of phenolic OH excluding ortho intramolecular Hbond substituents is 1. The zero-order valence-electron chi connectivity index (χ0n) is 20.7. The van der Waals surface area contributed by atoms with Crippen molar-refractivity contribution in [3.63, 3.8) is 0 Å². The first-order valence-electron chi connectivity index (χ1n) is 13.8. The van der Waals surface area contributed by atoms with E-state index in [2.05, 4.69) is 58.4 Å². The monoisotopic (exact) mass is 490 g/mol. The van der Waals surface area contributed by atoms with Crippen molar-refractivity contribution in [1.82, 2.24) is 9.88 Å². The second-order valence-corrected chi connectivity index (χ2v) is 12.0. The lowest BCUT2D eigenvalue weighted by molar-refractivity contribution is -0.173. The summed E-state index contributed by atoms with van der Waals surface area (Å²) >= 11 is 0. The van der Waals surface area contributed by atoms with Gasteiger partial charge >= 0.3 is 0 Å². The molecular weight excluding hydrogens is 460 g/mol. The van der Waals surface area contributed by atoms with Gasteiger partial charge in [-0.2, -0.15) is 0 Å². The van der Waals surface area contributed by atoms with E-state index >= 15 is 0 Å². The first-order chi connectivity index (χ1) is 18.1. The van der Waals surface area contributed by atoms with Crippen LogP contribution < -0.4 is 4.74 Å². The molecule has 2 bridgehead atoms. The smallest absolute Gasteiger partial charge is 0.166 e. The molecule has 0 radical (unpaired) electrons. The molecule has 0 amide bonds. The van der Waals surface area contributed by atoms with E-state index in [1.165, 1.54) is 40.5 Å². The number of hydrogen-bond acceptors (Lipinski definition) is 4. The van der Waals surface area contributed by atoms with Crippen LogP contribution in [0.25, 0.3) is 22.0 Å². The van der Waals surface area contributed by atoms with Crippen molar-refractivity contribution in [1.29, 1.82) is 0 Å². The van der Waals surface area contributed by atoms with E-state index in [9.17, 15) is 10.2 Å². The van der Waals surface area contributed by atoms with Gasteiger partial charge in [-0.1, -0.05) is 48.5 Å². The highest BCUT2D eigenvalue weighted by atomic mass is 16.5. The number of phenols is 1. The Balaban J connectivity index is 1.32. The lowest BCUT2D eigenvalue weighted by Gasteiger charge is -2.62. The van der Waals surface area contributed by atoms with Gasteiger partial charge < -0.3 is 19.9 Å². The van der Waals surface area contributed by atoms with Gasteiger partial charge in [0.1, 0.15) is 0 Å². The fourth-order valence-electron chi connectivity index (χ4n) is 8.54. The number of likely N-dealkylation sites (tertiary alicyclic amines) is 1. The van der Waals surface area contributed by atoms with Crippen LogP contribution in [0.4, 0.5) is 0 Å². The molecule has 9 rings (SSSR count). The van der Waals surface area contributed by atoms with E-state index < -0.39 is 11.0 Å². The lowest BCUT2D eigenvalue weighted by atomic mass is 9.49. The number of ether oxygens (including phenoxy) is 1. The molecule has 1 aromatic heterocycles. The van der Waals surface area contributed by atoms with Crippen molar-refractivity contribution in [2.24, 2.45) is 5.92 Å². The Labute approximate surface area is 215 Å². The van der Waals surface area contributed by atoms with Crippen molar-refractivity contribution < 1.29 is 14.9 Å². The van der Waals surface area contributed by atoms with E-state index in [-0.39, 0.29) is 17.9 Å². The number of aliphatic hydroxyl groups is 1. The Morgan fingerprint density at radius 2 is 1.89 bits per heavy atom. The van der Waals surface area contributed by atoms with Crippen molar-refractivity contribution in [2.45, 2.75) is 55.3 Å². The summed E-state index contributed by atoms with van der Waals surface area (Å²) in [4.78, 5) is 6.34. The molecule has 1 saturated heterocycles. The highest BCUT2D eigenvalue weighted by molar-refractivity contribution is 5.99. The molecule has 4 aromatic rings. The predicted octanol–water partition coefficient (Wildman–Crippen LogP) is 5.24. The zero-order valence-corrected chi connectivity index (χ0v) is 20.7. The Kier molecular flexibility index (Phi) is 3.80. The number of aromatic amines is 1. The van der Waals surface area contributed by atoms with Gasteiger partial charge in [0.2, 0.25) is 0 Å². The number of aromatic nitrogens is 1. The SMILES string of the molecule is Oc1ccc2c3c1OC1c4[nH]c5cccc(-c6ccccc6)c5c4C[C@@]4(O)[C@@H](C2)N(CC2CC2)CC[C@]314. The molecule has 5 nitrogen and oxygen atoms in total. The Morgan fingerprint density at radius 1 is 1.03 bits per heavy atom. The fourth-order valence-corrected chi connectivity index (χ4v) is 8.54. The number of benzene rings is 3. The quantitative estimate of drug-likeness (QED) is 0.367. The summed E-state index contributed by atoms with van der Waals surface area (Å²) in [5, 5.41) is 25.2. The normalized spacial score (nSPS) is 31.2. The molecule has 3 aliphatic carbocycles. The van der Waals surface area contributed by atoms with Crippen LogP contribution in [0.15, 0.2) is 60.7 Å². The number of hydrogen-bond donors (Lipinski definition) is 3. The Bertz CT molecular complexity index is 1610. The third kappa shape index (κ3) is 2.43. The first-order valence-corrected chi connectivity index (χ1v) is 13.8. The number of H-pyrrole nitrogens is 1. The lowest BCUT2D eigenvalue weighted by Crippen LogP contribution is -2.74. The summed E-state index contributed by atoms with van der Waals surface area (Å²) in [7, 11) is 0. The fraction of sp³-hybridized carbons (Fsp3) is 0.375. The summed E-state index contributed by atoms with van der Waals surface area (Å²) in [6.07, 6.45) is 4.49.